The van der Waals surface area contributed by atoms with Gasteiger partial charge >= 0.3 is 5.91 Å². The first-order valence-corrected chi connectivity index (χ1v) is 11.2. The van der Waals surface area contributed by atoms with E-state index in [1.54, 1.807) is 22.9 Å². The van der Waals surface area contributed by atoms with Gasteiger partial charge in [0.2, 0.25) is 11.6 Å². The Bertz CT molecular complexity index is 1340. The molecule has 0 spiro atoms. The van der Waals surface area contributed by atoms with Gasteiger partial charge in [-0.3, -0.25) is 20.4 Å². The van der Waals surface area contributed by atoms with Crippen molar-refractivity contribution in [3.05, 3.63) is 90.3 Å². The first-order chi connectivity index (χ1) is 18.0. The number of amides is 2. The van der Waals surface area contributed by atoms with Crippen molar-refractivity contribution in [3.8, 4) is 34.3 Å². The van der Waals surface area contributed by atoms with Crippen LogP contribution in [0.4, 0.5) is 0 Å². The number of ether oxygens (including phenoxy) is 3. The van der Waals surface area contributed by atoms with E-state index in [0.717, 1.165) is 11.3 Å². The van der Waals surface area contributed by atoms with Gasteiger partial charge in [-0.25, -0.2) is 9.67 Å². The van der Waals surface area contributed by atoms with Crippen LogP contribution in [0.25, 0.3) is 23.2 Å². The van der Waals surface area contributed by atoms with E-state index in [2.05, 4.69) is 20.9 Å². The maximum atomic E-state index is 12.8. The molecule has 0 radical (unpaired) electrons. The van der Waals surface area contributed by atoms with E-state index < -0.39 is 11.8 Å². The van der Waals surface area contributed by atoms with Crippen LogP contribution in [0.2, 0.25) is 0 Å². The maximum absolute atomic E-state index is 12.8. The smallest absolute Gasteiger partial charge is 0.309 e. The lowest BCUT2D eigenvalue weighted by atomic mass is 10.1. The zero-order chi connectivity index (χ0) is 26.2. The van der Waals surface area contributed by atoms with Crippen molar-refractivity contribution in [3.63, 3.8) is 0 Å². The van der Waals surface area contributed by atoms with Crippen molar-refractivity contribution in [1.82, 2.24) is 25.6 Å². The third-order valence-electron chi connectivity index (χ3n) is 5.26. The van der Waals surface area contributed by atoms with Crippen LogP contribution in [0.5, 0.6) is 17.2 Å². The minimum absolute atomic E-state index is 0.100. The topological polar surface area (TPSA) is 117 Å². The van der Waals surface area contributed by atoms with Crippen molar-refractivity contribution < 1.29 is 23.8 Å². The summed E-state index contributed by atoms with van der Waals surface area (Å²) in [5.41, 5.74) is 6.84. The molecule has 0 saturated heterocycles. The van der Waals surface area contributed by atoms with Gasteiger partial charge in [0.05, 0.1) is 27.0 Å². The number of hydrogen-bond donors (Lipinski definition) is 2. The summed E-state index contributed by atoms with van der Waals surface area (Å²) in [4.78, 5) is 29.5. The Balaban J connectivity index is 1.48. The number of benzene rings is 3. The third-order valence-corrected chi connectivity index (χ3v) is 5.26. The molecule has 0 bridgehead atoms. The number of nitrogens with zero attached hydrogens (tertiary/aromatic N) is 3. The zero-order valence-corrected chi connectivity index (χ0v) is 20.5. The predicted molar refractivity (Wildman–Crippen MR) is 138 cm³/mol. The van der Waals surface area contributed by atoms with Crippen LogP contribution in [-0.4, -0.2) is 47.9 Å². The summed E-state index contributed by atoms with van der Waals surface area (Å²) in [6, 6.07) is 22.1. The number of carbonyl (C=O) groups is 2. The molecular weight excluding hydrogens is 474 g/mol. The first-order valence-electron chi connectivity index (χ1n) is 11.2. The van der Waals surface area contributed by atoms with Gasteiger partial charge < -0.3 is 14.2 Å². The second-order valence-electron chi connectivity index (χ2n) is 7.61. The Morgan fingerprint density at radius 2 is 1.46 bits per heavy atom. The number of hydrazine groups is 1. The largest absolute Gasteiger partial charge is 0.493 e. The van der Waals surface area contributed by atoms with Gasteiger partial charge in [0, 0.05) is 11.6 Å². The van der Waals surface area contributed by atoms with Crippen LogP contribution in [0.1, 0.15) is 16.2 Å². The van der Waals surface area contributed by atoms with E-state index in [1.165, 1.54) is 27.4 Å². The molecule has 0 fully saturated rings. The fourth-order valence-corrected chi connectivity index (χ4v) is 3.52. The molecule has 0 atom stereocenters. The van der Waals surface area contributed by atoms with Crippen LogP contribution in [0.3, 0.4) is 0 Å². The molecule has 10 heteroatoms. The molecule has 37 heavy (non-hydrogen) atoms. The summed E-state index contributed by atoms with van der Waals surface area (Å²) in [7, 11) is 4.51. The molecular formula is C27H25N5O5. The standard InChI is InChI=1S/C27H25N5O5/c1-35-21-16-18(17-22(36-2)24(21)37-3)14-15-23(33)29-30-27(34)25-28-26(19-10-6-4-7-11-19)32(31-25)20-12-8-5-9-13-20/h4-17H,1-3H3,(H,29,33)(H,30,34)/b15-14+. The molecule has 0 aliphatic carbocycles. The van der Waals surface area contributed by atoms with E-state index in [9.17, 15) is 9.59 Å². The van der Waals surface area contributed by atoms with E-state index in [-0.39, 0.29) is 5.82 Å². The molecule has 4 aromatic rings. The number of hydrogen-bond acceptors (Lipinski definition) is 7. The summed E-state index contributed by atoms with van der Waals surface area (Å²) in [5, 5.41) is 4.37. The van der Waals surface area contributed by atoms with Crippen LogP contribution in [0, 0.1) is 0 Å². The normalized spacial score (nSPS) is 10.7. The molecule has 2 N–H and O–H groups in total. The van der Waals surface area contributed by atoms with Crippen molar-refractivity contribution in [2.45, 2.75) is 0 Å². The highest BCUT2D eigenvalue weighted by atomic mass is 16.5. The van der Waals surface area contributed by atoms with Gasteiger partial charge in [-0.2, -0.15) is 0 Å². The highest BCUT2D eigenvalue weighted by Gasteiger charge is 2.19. The average molecular weight is 500 g/mol. The number of rotatable bonds is 8. The summed E-state index contributed by atoms with van der Waals surface area (Å²) in [5.74, 6) is 0.502. The van der Waals surface area contributed by atoms with Crippen LogP contribution < -0.4 is 25.1 Å². The summed E-state index contributed by atoms with van der Waals surface area (Å²) < 4.78 is 17.5. The van der Waals surface area contributed by atoms with Gasteiger partial charge in [-0.15, -0.1) is 5.10 Å². The second-order valence-corrected chi connectivity index (χ2v) is 7.61. The number of carbonyl (C=O) groups excluding carboxylic acids is 2. The lowest BCUT2D eigenvalue weighted by Crippen LogP contribution is -2.41. The Labute approximate surface area is 213 Å². The Hall–Kier alpha value is -5.12. The molecule has 0 aliphatic rings. The van der Waals surface area contributed by atoms with Gasteiger partial charge in [0.25, 0.3) is 5.91 Å². The third kappa shape index (κ3) is 5.76. The van der Waals surface area contributed by atoms with Gasteiger partial charge in [-0.05, 0) is 35.9 Å². The molecule has 0 unspecified atom stereocenters. The number of para-hydroxylation sites is 1. The van der Waals surface area contributed by atoms with E-state index in [1.807, 2.05) is 60.7 Å². The molecule has 1 heterocycles. The summed E-state index contributed by atoms with van der Waals surface area (Å²) in [6.07, 6.45) is 2.80. The number of aromatic nitrogens is 3. The maximum Gasteiger partial charge on any atom is 0.309 e. The number of methoxy groups -OCH3 is 3. The minimum atomic E-state index is -0.665. The quantitative estimate of drug-likeness (QED) is 0.282. The molecule has 0 aliphatic heterocycles. The Kier molecular flexibility index (Phi) is 7.79. The highest BCUT2D eigenvalue weighted by Crippen LogP contribution is 2.38. The van der Waals surface area contributed by atoms with Crippen molar-refractivity contribution in [1.29, 1.82) is 0 Å². The van der Waals surface area contributed by atoms with Crippen molar-refractivity contribution in [2.24, 2.45) is 0 Å². The van der Waals surface area contributed by atoms with Crippen molar-refractivity contribution >= 4 is 17.9 Å². The summed E-state index contributed by atoms with van der Waals surface area (Å²) in [6.45, 7) is 0. The monoisotopic (exact) mass is 499 g/mol. The van der Waals surface area contributed by atoms with Gasteiger partial charge in [-0.1, -0.05) is 48.5 Å². The van der Waals surface area contributed by atoms with Crippen LogP contribution in [0.15, 0.2) is 78.9 Å². The van der Waals surface area contributed by atoms with E-state index in [0.29, 0.717) is 28.6 Å². The SMILES string of the molecule is COc1cc(/C=C/C(=O)NNC(=O)c2nc(-c3ccccc3)n(-c3ccccc3)n2)cc(OC)c1OC. The minimum Gasteiger partial charge on any atom is -0.493 e. The van der Waals surface area contributed by atoms with Gasteiger partial charge in [0.15, 0.2) is 17.3 Å². The predicted octanol–water partition coefficient (Wildman–Crippen LogP) is 3.43. The fraction of sp³-hybridized carbons (Fsp3) is 0.111. The molecule has 0 saturated carbocycles. The molecule has 188 valence electrons. The van der Waals surface area contributed by atoms with Gasteiger partial charge in [0.1, 0.15) is 0 Å². The lowest BCUT2D eigenvalue weighted by molar-refractivity contribution is -0.117. The molecule has 2 amide bonds. The van der Waals surface area contributed by atoms with E-state index >= 15 is 0 Å². The molecule has 4 rings (SSSR count). The fourth-order valence-electron chi connectivity index (χ4n) is 3.52. The average Bonchev–Trinajstić information content (AvgIpc) is 3.41. The second kappa shape index (κ2) is 11.5. The Morgan fingerprint density at radius 3 is 2.05 bits per heavy atom. The molecule has 3 aromatic carbocycles. The molecule has 10 nitrogen and oxygen atoms in total. The van der Waals surface area contributed by atoms with Crippen molar-refractivity contribution in [2.75, 3.05) is 21.3 Å². The zero-order valence-electron chi connectivity index (χ0n) is 20.5. The Morgan fingerprint density at radius 1 is 0.838 bits per heavy atom. The highest BCUT2D eigenvalue weighted by molar-refractivity contribution is 5.96. The summed E-state index contributed by atoms with van der Waals surface area (Å²) >= 11 is 0. The van der Waals surface area contributed by atoms with Crippen LogP contribution in [-0.2, 0) is 4.79 Å². The number of nitrogens with one attached hydrogen (secondary N) is 2. The molecule has 1 aromatic heterocycles. The first kappa shape index (κ1) is 25.0. The van der Waals surface area contributed by atoms with Crippen LogP contribution >= 0.6 is 0 Å². The van der Waals surface area contributed by atoms with E-state index in [4.69, 9.17) is 14.2 Å². The lowest BCUT2D eigenvalue weighted by Gasteiger charge is -2.12.